The molecule has 1 aromatic rings. The molecule has 0 radical (unpaired) electrons. The normalized spacial score (nSPS) is 20.1. The highest BCUT2D eigenvalue weighted by Gasteiger charge is 2.22. The van der Waals surface area contributed by atoms with Crippen LogP contribution in [0.5, 0.6) is 0 Å². The molecule has 0 saturated carbocycles. The lowest BCUT2D eigenvalue weighted by Gasteiger charge is -2.25. The summed E-state index contributed by atoms with van der Waals surface area (Å²) in [6.45, 7) is 2.83. The summed E-state index contributed by atoms with van der Waals surface area (Å²) in [5.41, 5.74) is 1.05. The number of rotatable bonds is 5. The number of nitrogens with zero attached hydrogens (tertiary/aromatic N) is 2. The Kier molecular flexibility index (Phi) is 6.50. The number of aliphatic carboxylic acids is 1. The van der Waals surface area contributed by atoms with E-state index < -0.39 is 5.97 Å². The van der Waals surface area contributed by atoms with Crippen molar-refractivity contribution in [2.75, 3.05) is 26.7 Å². The molecule has 22 heavy (non-hydrogen) atoms. The van der Waals surface area contributed by atoms with Gasteiger partial charge in [-0.1, -0.05) is 35.3 Å². The molecule has 4 nitrogen and oxygen atoms in total. The fourth-order valence-corrected chi connectivity index (χ4v) is 3.37. The van der Waals surface area contributed by atoms with Gasteiger partial charge in [0, 0.05) is 12.6 Å². The second kappa shape index (κ2) is 8.16. The van der Waals surface area contributed by atoms with Gasteiger partial charge in [0.25, 0.3) is 0 Å². The Hall–Kier alpha value is -0.810. The Balaban J connectivity index is 1.93. The Labute approximate surface area is 141 Å². The Morgan fingerprint density at radius 3 is 2.86 bits per heavy atom. The van der Waals surface area contributed by atoms with Crippen molar-refractivity contribution < 1.29 is 9.90 Å². The van der Waals surface area contributed by atoms with Crippen molar-refractivity contribution in [3.8, 4) is 0 Å². The summed E-state index contributed by atoms with van der Waals surface area (Å²) in [5.74, 6) is -0.769. The van der Waals surface area contributed by atoms with Crippen molar-refractivity contribution in [2.24, 2.45) is 0 Å². The predicted octanol–water partition coefficient (Wildman–Crippen LogP) is 3.36. The third-order valence-electron chi connectivity index (χ3n) is 4.22. The Morgan fingerprint density at radius 1 is 1.36 bits per heavy atom. The molecule has 1 unspecified atom stereocenters. The smallest absolute Gasteiger partial charge is 0.317 e. The van der Waals surface area contributed by atoms with Crippen LogP contribution in [0.25, 0.3) is 0 Å². The fraction of sp³-hybridized carbons (Fsp3) is 0.562. The fourth-order valence-electron chi connectivity index (χ4n) is 2.99. The van der Waals surface area contributed by atoms with Gasteiger partial charge in [-0.2, -0.15) is 0 Å². The maximum Gasteiger partial charge on any atom is 0.317 e. The lowest BCUT2D eigenvalue weighted by Crippen LogP contribution is -2.36. The van der Waals surface area contributed by atoms with E-state index in [0.29, 0.717) is 16.1 Å². The average Bonchev–Trinajstić information content (AvgIpc) is 2.69. The number of carbonyl (C=O) groups is 1. The Bertz CT molecular complexity index is 525. The van der Waals surface area contributed by atoms with Crippen LogP contribution in [0.3, 0.4) is 0 Å². The van der Waals surface area contributed by atoms with Gasteiger partial charge in [-0.3, -0.25) is 14.6 Å². The first-order valence-corrected chi connectivity index (χ1v) is 8.30. The molecule has 0 aromatic heterocycles. The highest BCUT2D eigenvalue weighted by atomic mass is 35.5. The molecule has 2 rings (SSSR count). The molecule has 1 aliphatic heterocycles. The van der Waals surface area contributed by atoms with Crippen LogP contribution in [0.15, 0.2) is 18.2 Å². The summed E-state index contributed by atoms with van der Waals surface area (Å²) in [5, 5.41) is 10.1. The molecule has 6 heteroatoms. The second-order valence-electron chi connectivity index (χ2n) is 5.88. The minimum atomic E-state index is -0.769. The summed E-state index contributed by atoms with van der Waals surface area (Å²) in [6, 6.07) is 6.06. The third kappa shape index (κ3) is 4.85. The molecular weight excluding hydrogens is 323 g/mol. The maximum absolute atomic E-state index is 10.8. The molecule has 0 spiro atoms. The van der Waals surface area contributed by atoms with Crippen LogP contribution in [0.4, 0.5) is 0 Å². The lowest BCUT2D eigenvalue weighted by atomic mass is 10.1. The van der Waals surface area contributed by atoms with Gasteiger partial charge in [0.2, 0.25) is 0 Å². The molecular formula is C16H22Cl2N2O2. The van der Waals surface area contributed by atoms with E-state index in [4.69, 9.17) is 28.3 Å². The quantitative estimate of drug-likeness (QED) is 0.889. The van der Waals surface area contributed by atoms with Crippen molar-refractivity contribution in [3.63, 3.8) is 0 Å². The summed E-state index contributed by atoms with van der Waals surface area (Å²) >= 11 is 12.3. The molecule has 0 bridgehead atoms. The number of hydrogen-bond donors (Lipinski definition) is 1. The van der Waals surface area contributed by atoms with Crippen molar-refractivity contribution in [3.05, 3.63) is 33.8 Å². The third-order valence-corrected chi connectivity index (χ3v) is 5.08. The van der Waals surface area contributed by atoms with E-state index in [1.54, 1.807) is 6.07 Å². The number of carboxylic acids is 1. The van der Waals surface area contributed by atoms with Gasteiger partial charge in [-0.15, -0.1) is 0 Å². The second-order valence-corrected chi connectivity index (χ2v) is 6.67. The summed E-state index contributed by atoms with van der Waals surface area (Å²) in [7, 11) is 1.89. The standard InChI is InChI=1S/C16H22Cl2N2O2/c1-19(11-15(21)22)13-5-3-8-20(9-7-13)10-12-4-2-6-14(17)16(12)18/h2,4,6,13H,3,5,7-11H2,1H3,(H,21,22). The maximum atomic E-state index is 10.8. The average molecular weight is 345 g/mol. The zero-order valence-corrected chi connectivity index (χ0v) is 14.3. The molecule has 1 aliphatic rings. The zero-order valence-electron chi connectivity index (χ0n) is 12.8. The SMILES string of the molecule is CN(CC(=O)O)C1CCCN(Cc2cccc(Cl)c2Cl)CC1. The highest BCUT2D eigenvalue weighted by Crippen LogP contribution is 2.27. The highest BCUT2D eigenvalue weighted by molar-refractivity contribution is 6.42. The molecule has 0 aliphatic carbocycles. The number of halogens is 2. The molecule has 1 fully saturated rings. The van der Waals surface area contributed by atoms with E-state index >= 15 is 0 Å². The largest absolute Gasteiger partial charge is 0.480 e. The van der Waals surface area contributed by atoms with Gasteiger partial charge >= 0.3 is 5.97 Å². The van der Waals surface area contributed by atoms with Crippen LogP contribution in [0, 0.1) is 0 Å². The van der Waals surface area contributed by atoms with Gasteiger partial charge in [-0.25, -0.2) is 0 Å². The van der Waals surface area contributed by atoms with E-state index in [9.17, 15) is 4.79 Å². The lowest BCUT2D eigenvalue weighted by molar-refractivity contribution is -0.138. The first-order chi connectivity index (χ1) is 10.5. The Morgan fingerprint density at radius 2 is 2.14 bits per heavy atom. The van der Waals surface area contributed by atoms with Crippen LogP contribution in [0.1, 0.15) is 24.8 Å². The van der Waals surface area contributed by atoms with Crippen LogP contribution in [-0.2, 0) is 11.3 Å². The van der Waals surface area contributed by atoms with E-state index in [2.05, 4.69) is 4.90 Å². The van der Waals surface area contributed by atoms with Crippen LogP contribution in [-0.4, -0.2) is 53.6 Å². The zero-order chi connectivity index (χ0) is 16.1. The molecule has 0 amide bonds. The molecule has 122 valence electrons. The summed E-state index contributed by atoms with van der Waals surface area (Å²) < 4.78 is 0. The molecule has 1 saturated heterocycles. The minimum absolute atomic E-state index is 0.102. The van der Waals surface area contributed by atoms with E-state index in [0.717, 1.165) is 44.5 Å². The first-order valence-electron chi connectivity index (χ1n) is 7.54. The molecule has 1 atom stereocenters. The van der Waals surface area contributed by atoms with Gasteiger partial charge in [0.15, 0.2) is 0 Å². The topological polar surface area (TPSA) is 43.8 Å². The predicted molar refractivity (Wildman–Crippen MR) is 89.6 cm³/mol. The number of likely N-dealkylation sites (tertiary alicyclic amines) is 1. The minimum Gasteiger partial charge on any atom is -0.480 e. The summed E-state index contributed by atoms with van der Waals surface area (Å²) in [6.07, 6.45) is 3.07. The molecule has 1 aromatic carbocycles. The van der Waals surface area contributed by atoms with E-state index in [1.807, 2.05) is 24.1 Å². The van der Waals surface area contributed by atoms with Crippen LogP contribution in [0.2, 0.25) is 10.0 Å². The summed E-state index contributed by atoms with van der Waals surface area (Å²) in [4.78, 5) is 15.1. The van der Waals surface area contributed by atoms with E-state index in [-0.39, 0.29) is 6.54 Å². The van der Waals surface area contributed by atoms with Gasteiger partial charge in [0.1, 0.15) is 0 Å². The number of benzene rings is 1. The first kappa shape index (κ1) is 17.5. The van der Waals surface area contributed by atoms with Crippen LogP contribution >= 0.6 is 23.2 Å². The number of hydrogen-bond acceptors (Lipinski definition) is 3. The number of carboxylic acid groups (broad SMARTS) is 1. The van der Waals surface area contributed by atoms with Gasteiger partial charge < -0.3 is 5.11 Å². The van der Waals surface area contributed by atoms with Crippen molar-refractivity contribution in [1.82, 2.24) is 9.80 Å². The molecule has 1 heterocycles. The van der Waals surface area contributed by atoms with Crippen molar-refractivity contribution in [2.45, 2.75) is 31.8 Å². The monoisotopic (exact) mass is 344 g/mol. The van der Waals surface area contributed by atoms with Crippen molar-refractivity contribution >= 4 is 29.2 Å². The van der Waals surface area contributed by atoms with E-state index in [1.165, 1.54) is 0 Å². The number of likely N-dealkylation sites (N-methyl/N-ethyl adjacent to an activating group) is 1. The molecule has 1 N–H and O–H groups in total. The van der Waals surface area contributed by atoms with Crippen molar-refractivity contribution in [1.29, 1.82) is 0 Å². The van der Waals surface area contributed by atoms with Crippen LogP contribution < -0.4 is 0 Å². The van der Waals surface area contributed by atoms with Gasteiger partial charge in [-0.05, 0) is 51.0 Å². The van der Waals surface area contributed by atoms with Gasteiger partial charge in [0.05, 0.1) is 16.6 Å².